The van der Waals surface area contributed by atoms with Gasteiger partial charge in [0, 0.05) is 6.04 Å². The van der Waals surface area contributed by atoms with Crippen molar-refractivity contribution >= 4 is 5.91 Å². The molecule has 1 fully saturated rings. The van der Waals surface area contributed by atoms with E-state index in [4.69, 9.17) is 0 Å². The van der Waals surface area contributed by atoms with Crippen LogP contribution in [-0.4, -0.2) is 25.0 Å². The topological polar surface area (TPSA) is 41.1 Å². The molecule has 0 saturated carbocycles. The van der Waals surface area contributed by atoms with Gasteiger partial charge in [-0.2, -0.15) is 0 Å². The van der Waals surface area contributed by atoms with Crippen LogP contribution >= 0.6 is 0 Å². The molecule has 0 radical (unpaired) electrons. The number of aryl methyl sites for hydroxylation is 2. The molecule has 1 unspecified atom stereocenters. The van der Waals surface area contributed by atoms with Gasteiger partial charge in [0.05, 0.1) is 6.42 Å². The minimum atomic E-state index is 0.153. The molecule has 0 aliphatic carbocycles. The molecule has 1 atom stereocenters. The number of hydrogen-bond acceptors (Lipinski definition) is 2. The SMILES string of the molecule is Cc1ccc(C)c(CC(=O)NC2CCCNCC2)c1. The van der Waals surface area contributed by atoms with Crippen LogP contribution in [0, 0.1) is 13.8 Å². The Kier molecular flexibility index (Phi) is 4.97. The summed E-state index contributed by atoms with van der Waals surface area (Å²) in [6.07, 6.45) is 3.77. The molecule has 104 valence electrons. The Morgan fingerprint density at radius 1 is 1.32 bits per heavy atom. The number of benzene rings is 1. The summed E-state index contributed by atoms with van der Waals surface area (Å²) in [5.74, 6) is 0.153. The molecule has 0 bridgehead atoms. The van der Waals surface area contributed by atoms with Gasteiger partial charge in [-0.25, -0.2) is 0 Å². The molecule has 0 aromatic heterocycles. The first-order valence-corrected chi connectivity index (χ1v) is 7.21. The third kappa shape index (κ3) is 4.35. The lowest BCUT2D eigenvalue weighted by Gasteiger charge is -2.16. The molecule has 1 amide bonds. The standard InChI is InChI=1S/C16H24N2O/c1-12-5-6-13(2)14(10-12)11-16(19)18-15-4-3-8-17-9-7-15/h5-6,10,15,17H,3-4,7-9,11H2,1-2H3,(H,18,19). The molecule has 1 aromatic rings. The molecule has 1 aromatic carbocycles. The lowest BCUT2D eigenvalue weighted by atomic mass is 10.0. The lowest BCUT2D eigenvalue weighted by Crippen LogP contribution is -2.36. The van der Waals surface area contributed by atoms with Gasteiger partial charge in [0.25, 0.3) is 0 Å². The monoisotopic (exact) mass is 260 g/mol. The molecule has 0 spiro atoms. The zero-order valence-corrected chi connectivity index (χ0v) is 12.0. The van der Waals surface area contributed by atoms with Crippen molar-refractivity contribution in [2.45, 2.75) is 45.6 Å². The zero-order chi connectivity index (χ0) is 13.7. The smallest absolute Gasteiger partial charge is 0.224 e. The highest BCUT2D eigenvalue weighted by Gasteiger charge is 2.15. The van der Waals surface area contributed by atoms with Gasteiger partial charge < -0.3 is 10.6 Å². The van der Waals surface area contributed by atoms with Gasteiger partial charge in [0.1, 0.15) is 0 Å². The molecular weight excluding hydrogens is 236 g/mol. The van der Waals surface area contributed by atoms with Crippen molar-refractivity contribution in [3.05, 3.63) is 34.9 Å². The average molecular weight is 260 g/mol. The van der Waals surface area contributed by atoms with Gasteiger partial charge in [0.15, 0.2) is 0 Å². The summed E-state index contributed by atoms with van der Waals surface area (Å²) in [6.45, 7) is 6.22. The Labute approximate surface area is 115 Å². The van der Waals surface area contributed by atoms with Crippen LogP contribution in [0.15, 0.2) is 18.2 Å². The number of amides is 1. The van der Waals surface area contributed by atoms with Gasteiger partial charge in [0.2, 0.25) is 5.91 Å². The number of carbonyl (C=O) groups excluding carboxylic acids is 1. The number of rotatable bonds is 3. The molecule has 19 heavy (non-hydrogen) atoms. The quantitative estimate of drug-likeness (QED) is 0.874. The first-order chi connectivity index (χ1) is 9.15. The van der Waals surface area contributed by atoms with E-state index in [0.717, 1.165) is 37.9 Å². The predicted octanol–water partition coefficient (Wildman–Crippen LogP) is 2.10. The maximum atomic E-state index is 12.1. The third-order valence-corrected chi connectivity index (χ3v) is 3.80. The number of carbonyl (C=O) groups is 1. The Bertz CT molecular complexity index is 434. The molecule has 2 N–H and O–H groups in total. The maximum Gasteiger partial charge on any atom is 0.224 e. The highest BCUT2D eigenvalue weighted by Crippen LogP contribution is 2.12. The van der Waals surface area contributed by atoms with Gasteiger partial charge in [-0.15, -0.1) is 0 Å². The summed E-state index contributed by atoms with van der Waals surface area (Å²) in [5, 5.41) is 6.54. The van der Waals surface area contributed by atoms with E-state index in [1.807, 2.05) is 0 Å². The Balaban J connectivity index is 1.91. The summed E-state index contributed by atoms with van der Waals surface area (Å²) in [6, 6.07) is 6.64. The van der Waals surface area contributed by atoms with Crippen molar-refractivity contribution < 1.29 is 4.79 Å². The number of hydrogen-bond donors (Lipinski definition) is 2. The Hall–Kier alpha value is -1.35. The molecule has 1 saturated heterocycles. The van der Waals surface area contributed by atoms with E-state index in [-0.39, 0.29) is 5.91 Å². The highest BCUT2D eigenvalue weighted by molar-refractivity contribution is 5.79. The molecule has 1 heterocycles. The summed E-state index contributed by atoms with van der Waals surface area (Å²) in [4.78, 5) is 12.1. The normalized spacial score (nSPS) is 19.8. The van der Waals surface area contributed by atoms with E-state index in [9.17, 15) is 4.79 Å². The number of nitrogens with one attached hydrogen (secondary N) is 2. The van der Waals surface area contributed by atoms with Crippen LogP contribution in [-0.2, 0) is 11.2 Å². The fraction of sp³-hybridized carbons (Fsp3) is 0.562. The van der Waals surface area contributed by atoms with Crippen molar-refractivity contribution in [2.75, 3.05) is 13.1 Å². The van der Waals surface area contributed by atoms with E-state index in [1.165, 1.54) is 11.1 Å². The first-order valence-electron chi connectivity index (χ1n) is 7.21. The highest BCUT2D eigenvalue weighted by atomic mass is 16.1. The summed E-state index contributed by atoms with van der Waals surface area (Å²) in [5.41, 5.74) is 3.56. The second kappa shape index (κ2) is 6.71. The fourth-order valence-electron chi connectivity index (χ4n) is 2.61. The van der Waals surface area contributed by atoms with Gasteiger partial charge >= 0.3 is 0 Å². The Morgan fingerprint density at radius 3 is 3.00 bits per heavy atom. The maximum absolute atomic E-state index is 12.1. The van der Waals surface area contributed by atoms with E-state index < -0.39 is 0 Å². The van der Waals surface area contributed by atoms with Crippen molar-refractivity contribution in [3.63, 3.8) is 0 Å². The molecule has 2 rings (SSSR count). The predicted molar refractivity (Wildman–Crippen MR) is 78.3 cm³/mol. The van der Waals surface area contributed by atoms with Crippen molar-refractivity contribution in [1.82, 2.24) is 10.6 Å². The molecule has 1 aliphatic rings. The minimum absolute atomic E-state index is 0.153. The fourth-order valence-corrected chi connectivity index (χ4v) is 2.61. The van der Waals surface area contributed by atoms with Crippen molar-refractivity contribution in [1.29, 1.82) is 0 Å². The van der Waals surface area contributed by atoms with Gasteiger partial charge in [-0.3, -0.25) is 4.79 Å². The van der Waals surface area contributed by atoms with Gasteiger partial charge in [-0.05, 0) is 57.3 Å². The van der Waals surface area contributed by atoms with Crippen LogP contribution in [0.2, 0.25) is 0 Å². The molecule has 3 heteroatoms. The van der Waals surface area contributed by atoms with Crippen LogP contribution in [0.5, 0.6) is 0 Å². The van der Waals surface area contributed by atoms with Crippen LogP contribution in [0.3, 0.4) is 0 Å². The molecule has 1 aliphatic heterocycles. The van der Waals surface area contributed by atoms with Crippen molar-refractivity contribution in [3.8, 4) is 0 Å². The summed E-state index contributed by atoms with van der Waals surface area (Å²) in [7, 11) is 0. The first kappa shape index (κ1) is 14.1. The lowest BCUT2D eigenvalue weighted by molar-refractivity contribution is -0.121. The minimum Gasteiger partial charge on any atom is -0.353 e. The van der Waals surface area contributed by atoms with E-state index in [0.29, 0.717) is 12.5 Å². The van der Waals surface area contributed by atoms with E-state index in [2.05, 4.69) is 42.7 Å². The van der Waals surface area contributed by atoms with E-state index in [1.54, 1.807) is 0 Å². The van der Waals surface area contributed by atoms with E-state index >= 15 is 0 Å². The molecular formula is C16H24N2O. The van der Waals surface area contributed by atoms with Crippen molar-refractivity contribution in [2.24, 2.45) is 0 Å². The molecule has 3 nitrogen and oxygen atoms in total. The summed E-state index contributed by atoms with van der Waals surface area (Å²) >= 11 is 0. The van der Waals surface area contributed by atoms with Crippen LogP contribution in [0.1, 0.15) is 36.0 Å². The van der Waals surface area contributed by atoms with Crippen LogP contribution in [0.4, 0.5) is 0 Å². The third-order valence-electron chi connectivity index (χ3n) is 3.80. The largest absolute Gasteiger partial charge is 0.353 e. The second-order valence-electron chi connectivity index (χ2n) is 5.55. The van der Waals surface area contributed by atoms with Crippen LogP contribution < -0.4 is 10.6 Å². The van der Waals surface area contributed by atoms with Crippen LogP contribution in [0.25, 0.3) is 0 Å². The Morgan fingerprint density at radius 2 is 2.16 bits per heavy atom. The zero-order valence-electron chi connectivity index (χ0n) is 12.0. The van der Waals surface area contributed by atoms with Gasteiger partial charge in [-0.1, -0.05) is 23.8 Å². The second-order valence-corrected chi connectivity index (χ2v) is 5.55. The summed E-state index contributed by atoms with van der Waals surface area (Å²) < 4.78 is 0. The average Bonchev–Trinajstić information content (AvgIpc) is 2.62.